The molecule has 0 bridgehead atoms. The van der Waals surface area contributed by atoms with Crippen molar-refractivity contribution >= 4 is 11.8 Å². The van der Waals surface area contributed by atoms with Crippen molar-refractivity contribution in [3.05, 3.63) is 32.6 Å². The van der Waals surface area contributed by atoms with Crippen LogP contribution in [0.4, 0.5) is 0 Å². The van der Waals surface area contributed by atoms with Crippen LogP contribution in [0.2, 0.25) is 0 Å². The van der Waals surface area contributed by atoms with Gasteiger partial charge in [0.1, 0.15) is 11.5 Å². The molecule has 1 aliphatic heterocycles. The van der Waals surface area contributed by atoms with Crippen LogP contribution in [0, 0.1) is 6.92 Å². The second-order valence-electron chi connectivity index (χ2n) is 4.19. The third-order valence-electron chi connectivity index (χ3n) is 2.90. The zero-order valence-corrected chi connectivity index (χ0v) is 10.3. The second kappa shape index (κ2) is 4.32. The Bertz CT molecular complexity index is 538. The van der Waals surface area contributed by atoms with Gasteiger partial charge in [0.2, 0.25) is 0 Å². The van der Waals surface area contributed by atoms with Gasteiger partial charge in [-0.2, -0.15) is 0 Å². The Morgan fingerprint density at radius 3 is 2.53 bits per heavy atom. The first-order valence-corrected chi connectivity index (χ1v) is 6.19. The van der Waals surface area contributed by atoms with Crippen LogP contribution >= 0.6 is 11.8 Å². The quantitative estimate of drug-likeness (QED) is 0.613. The summed E-state index contributed by atoms with van der Waals surface area (Å²) >= 11 is 1.30. The number of aromatic nitrogens is 2. The zero-order valence-electron chi connectivity index (χ0n) is 9.45. The molecule has 0 aliphatic carbocycles. The van der Waals surface area contributed by atoms with Gasteiger partial charge in [0, 0.05) is 17.0 Å². The van der Waals surface area contributed by atoms with Crippen molar-refractivity contribution in [1.82, 2.24) is 9.55 Å². The average Bonchev–Trinajstić information content (AvgIpc) is 2.51. The molecule has 1 aliphatic rings. The fourth-order valence-electron chi connectivity index (χ4n) is 1.83. The van der Waals surface area contributed by atoms with Gasteiger partial charge in [-0.1, -0.05) is 6.92 Å². The van der Waals surface area contributed by atoms with Gasteiger partial charge >= 0.3 is 5.69 Å². The summed E-state index contributed by atoms with van der Waals surface area (Å²) in [7, 11) is 0. The maximum Gasteiger partial charge on any atom is 0.329 e. The monoisotopic (exact) mass is 258 g/mol. The number of aromatic amines is 1. The van der Waals surface area contributed by atoms with E-state index in [1.807, 2.05) is 0 Å². The van der Waals surface area contributed by atoms with E-state index >= 15 is 0 Å². The fourth-order valence-corrected chi connectivity index (χ4v) is 3.20. The number of rotatable bonds is 1. The predicted molar refractivity (Wildman–Crippen MR) is 64.2 cm³/mol. The summed E-state index contributed by atoms with van der Waals surface area (Å²) in [6.07, 6.45) is -0.477. The Labute approximate surface area is 101 Å². The molecule has 6 nitrogen and oxygen atoms in total. The highest BCUT2D eigenvalue weighted by Crippen LogP contribution is 2.40. The molecule has 0 amide bonds. The number of H-pyrrole nitrogens is 1. The molecule has 94 valence electrons. The second-order valence-corrected chi connectivity index (χ2v) is 5.69. The van der Waals surface area contributed by atoms with Gasteiger partial charge in [-0.15, -0.1) is 11.8 Å². The minimum Gasteiger partial charge on any atom is -0.389 e. The molecular formula is C10H14N2O4S. The highest BCUT2D eigenvalue weighted by atomic mass is 32.2. The van der Waals surface area contributed by atoms with E-state index in [1.54, 1.807) is 13.8 Å². The Hall–Kier alpha value is -1.05. The summed E-state index contributed by atoms with van der Waals surface area (Å²) in [5.41, 5.74) is -0.609. The number of hydrogen-bond donors (Lipinski definition) is 3. The van der Waals surface area contributed by atoms with E-state index in [-0.39, 0.29) is 5.25 Å². The SMILES string of the molecule is Cc1cn([C@H]2S[C@@H](C)[C@@H](O)[C@H]2O)c(=O)[nH]c1=O. The van der Waals surface area contributed by atoms with E-state index in [2.05, 4.69) is 4.98 Å². The first-order valence-electron chi connectivity index (χ1n) is 5.25. The van der Waals surface area contributed by atoms with Crippen molar-refractivity contribution in [1.29, 1.82) is 0 Å². The summed E-state index contributed by atoms with van der Waals surface area (Å²) in [6, 6.07) is 0. The molecule has 2 rings (SSSR count). The summed E-state index contributed by atoms with van der Waals surface area (Å²) in [4.78, 5) is 25.0. The summed E-state index contributed by atoms with van der Waals surface area (Å²) in [6.45, 7) is 3.36. The van der Waals surface area contributed by atoms with Crippen molar-refractivity contribution < 1.29 is 10.2 Å². The normalized spacial score (nSPS) is 32.9. The Morgan fingerprint density at radius 2 is 2.00 bits per heavy atom. The van der Waals surface area contributed by atoms with Gasteiger partial charge in [-0.25, -0.2) is 4.79 Å². The standard InChI is InChI=1S/C10H14N2O4S/c1-4-3-12(10(16)11-8(4)15)9-7(14)6(13)5(2)17-9/h3,5-7,9,13-14H,1-2H3,(H,11,15,16)/t5-,6+,7+,9-/m0/s1. The van der Waals surface area contributed by atoms with Gasteiger partial charge in [-0.3, -0.25) is 14.3 Å². The predicted octanol–water partition coefficient (Wildman–Crippen LogP) is -0.799. The van der Waals surface area contributed by atoms with E-state index < -0.39 is 28.8 Å². The van der Waals surface area contributed by atoms with E-state index in [9.17, 15) is 19.8 Å². The lowest BCUT2D eigenvalue weighted by Gasteiger charge is -2.17. The van der Waals surface area contributed by atoms with Crippen molar-refractivity contribution in [2.45, 2.75) is 36.7 Å². The smallest absolute Gasteiger partial charge is 0.329 e. The topological polar surface area (TPSA) is 95.3 Å². The molecule has 2 heterocycles. The highest BCUT2D eigenvalue weighted by Gasteiger charge is 2.41. The minimum atomic E-state index is -1.02. The number of aliphatic hydroxyl groups excluding tert-OH is 2. The zero-order chi connectivity index (χ0) is 12.7. The molecule has 0 radical (unpaired) electrons. The van der Waals surface area contributed by atoms with Crippen LogP contribution in [-0.2, 0) is 0 Å². The maximum atomic E-state index is 11.6. The molecule has 1 aromatic rings. The number of nitrogens with zero attached hydrogens (tertiary/aromatic N) is 1. The first-order chi connectivity index (χ1) is 7.91. The van der Waals surface area contributed by atoms with Crippen LogP contribution in [0.25, 0.3) is 0 Å². The third-order valence-corrected chi connectivity index (χ3v) is 4.39. The molecule has 0 saturated carbocycles. The third kappa shape index (κ3) is 2.05. The van der Waals surface area contributed by atoms with Crippen LogP contribution in [0.3, 0.4) is 0 Å². The molecular weight excluding hydrogens is 244 g/mol. The number of nitrogens with one attached hydrogen (secondary N) is 1. The van der Waals surface area contributed by atoms with Crippen LogP contribution in [-0.4, -0.2) is 37.2 Å². The van der Waals surface area contributed by atoms with Crippen LogP contribution in [0.15, 0.2) is 15.8 Å². The Balaban J connectivity index is 2.46. The maximum absolute atomic E-state index is 11.6. The lowest BCUT2D eigenvalue weighted by atomic mass is 10.1. The summed E-state index contributed by atoms with van der Waals surface area (Å²) in [5, 5.41) is 18.8. The Kier molecular flexibility index (Phi) is 3.15. The minimum absolute atomic E-state index is 0.158. The molecule has 3 N–H and O–H groups in total. The molecule has 4 atom stereocenters. The van der Waals surface area contributed by atoms with E-state index in [1.165, 1.54) is 22.5 Å². The van der Waals surface area contributed by atoms with Gasteiger partial charge in [0.05, 0.1) is 6.10 Å². The van der Waals surface area contributed by atoms with Crippen LogP contribution < -0.4 is 11.2 Å². The molecule has 0 unspecified atom stereocenters. The van der Waals surface area contributed by atoms with Crippen molar-refractivity contribution in [2.24, 2.45) is 0 Å². The lowest BCUT2D eigenvalue weighted by molar-refractivity contribution is 0.0192. The number of aliphatic hydroxyl groups is 2. The van der Waals surface area contributed by atoms with Crippen LogP contribution in [0.5, 0.6) is 0 Å². The van der Waals surface area contributed by atoms with Gasteiger partial charge in [0.25, 0.3) is 5.56 Å². The number of hydrogen-bond acceptors (Lipinski definition) is 5. The summed E-state index contributed by atoms with van der Waals surface area (Å²) < 4.78 is 1.26. The number of aryl methyl sites for hydroxylation is 1. The van der Waals surface area contributed by atoms with E-state index in [0.29, 0.717) is 5.56 Å². The van der Waals surface area contributed by atoms with Gasteiger partial charge in [-0.05, 0) is 6.92 Å². The average molecular weight is 258 g/mol. The van der Waals surface area contributed by atoms with Crippen LogP contribution in [0.1, 0.15) is 17.9 Å². The van der Waals surface area contributed by atoms with Crippen molar-refractivity contribution in [3.8, 4) is 0 Å². The molecule has 0 spiro atoms. The highest BCUT2D eigenvalue weighted by molar-refractivity contribution is 8.00. The molecule has 0 aromatic carbocycles. The number of thioether (sulfide) groups is 1. The molecule has 1 saturated heterocycles. The van der Waals surface area contributed by atoms with E-state index in [0.717, 1.165) is 0 Å². The Morgan fingerprint density at radius 1 is 1.35 bits per heavy atom. The largest absolute Gasteiger partial charge is 0.389 e. The lowest BCUT2D eigenvalue weighted by Crippen LogP contribution is -2.37. The van der Waals surface area contributed by atoms with Gasteiger partial charge in [0.15, 0.2) is 0 Å². The molecule has 1 aromatic heterocycles. The molecule has 1 fully saturated rings. The molecule has 7 heteroatoms. The summed E-state index contributed by atoms with van der Waals surface area (Å²) in [5.74, 6) is 0. The van der Waals surface area contributed by atoms with Crippen molar-refractivity contribution in [2.75, 3.05) is 0 Å². The van der Waals surface area contributed by atoms with E-state index in [4.69, 9.17) is 0 Å². The fraction of sp³-hybridized carbons (Fsp3) is 0.600. The van der Waals surface area contributed by atoms with Crippen molar-refractivity contribution in [3.63, 3.8) is 0 Å². The first kappa shape index (κ1) is 12.4. The van der Waals surface area contributed by atoms with Gasteiger partial charge < -0.3 is 10.2 Å². The molecule has 17 heavy (non-hydrogen) atoms.